The van der Waals surface area contributed by atoms with Gasteiger partial charge in [0.1, 0.15) is 54.4 Å². The van der Waals surface area contributed by atoms with Gasteiger partial charge in [-0.2, -0.15) is 0 Å². The topological polar surface area (TPSA) is 320 Å². The van der Waals surface area contributed by atoms with Crippen LogP contribution in [0.5, 0.6) is 5.75 Å². The van der Waals surface area contributed by atoms with Crippen LogP contribution >= 0.6 is 0 Å². The van der Waals surface area contributed by atoms with Gasteiger partial charge in [0.05, 0.1) is 45.1 Å². The van der Waals surface area contributed by atoms with E-state index in [-0.39, 0.29) is 50.7 Å². The molecule has 3 aromatic heterocycles. The summed E-state index contributed by atoms with van der Waals surface area (Å²) < 4.78 is 10.2. The van der Waals surface area contributed by atoms with Gasteiger partial charge in [-0.3, -0.25) is 9.69 Å². The number of benzene rings is 1. The Morgan fingerprint density at radius 1 is 0.926 bits per heavy atom. The predicted octanol–water partition coefficient (Wildman–Crippen LogP) is -4.31. The van der Waals surface area contributed by atoms with Gasteiger partial charge in [-0.25, -0.2) is 19.1 Å². The molecule has 0 aliphatic rings. The Morgan fingerprint density at radius 3 is 2.11 bits per heavy atom. The van der Waals surface area contributed by atoms with Crippen LogP contribution in [-0.2, 0) is 19.6 Å². The Balaban J connectivity index is 1.44. The zero-order valence-electron chi connectivity index (χ0n) is 30.2. The number of aliphatic hydroxyl groups is 10. The molecular formula is C34H53N8O12+. The average molecular weight is 766 g/mol. The number of aryl methyl sites for hydroxylation is 2. The zero-order chi connectivity index (χ0) is 39.7. The van der Waals surface area contributed by atoms with Gasteiger partial charge in [-0.1, -0.05) is 0 Å². The van der Waals surface area contributed by atoms with E-state index in [2.05, 4.69) is 24.8 Å². The van der Waals surface area contributed by atoms with E-state index in [0.717, 1.165) is 16.9 Å². The minimum Gasteiger partial charge on any atom is -0.493 e. The number of aromatic amines is 1. The number of nitrogen functional groups attached to an aromatic ring is 1. The number of carbonyl (C=O) groups excluding carboxylic acids is 1. The van der Waals surface area contributed by atoms with Crippen molar-refractivity contribution in [3.05, 3.63) is 42.0 Å². The molecule has 54 heavy (non-hydrogen) atoms. The van der Waals surface area contributed by atoms with Crippen LogP contribution in [0.2, 0.25) is 0 Å². The molecule has 0 fully saturated rings. The van der Waals surface area contributed by atoms with E-state index in [4.69, 9.17) is 20.7 Å². The third kappa shape index (κ3) is 9.97. The van der Waals surface area contributed by atoms with Crippen LogP contribution in [0, 0.1) is 0 Å². The summed E-state index contributed by atoms with van der Waals surface area (Å²) in [6.07, 6.45) is -12.4. The van der Waals surface area contributed by atoms with Gasteiger partial charge in [0.2, 0.25) is 0 Å². The maximum absolute atomic E-state index is 13.1. The van der Waals surface area contributed by atoms with Crippen LogP contribution in [0.25, 0.3) is 22.2 Å². The number of ether oxygens (including phenoxy) is 1. The molecule has 3 heterocycles. The van der Waals surface area contributed by atoms with Crippen molar-refractivity contribution in [3.8, 4) is 5.75 Å². The molecule has 0 saturated carbocycles. The highest BCUT2D eigenvalue weighted by atomic mass is 16.5. The van der Waals surface area contributed by atoms with E-state index in [0.29, 0.717) is 30.0 Å². The molecule has 14 N–H and O–H groups in total. The number of nitrogens with zero attached hydrogens (tertiary/aromatic N) is 5. The Kier molecular flexibility index (Phi) is 15.4. The highest BCUT2D eigenvalue weighted by molar-refractivity contribution is 5.98. The molecule has 4 rings (SSSR count). The van der Waals surface area contributed by atoms with Crippen molar-refractivity contribution < 1.29 is 65.2 Å². The van der Waals surface area contributed by atoms with Gasteiger partial charge in [0.25, 0.3) is 11.7 Å². The third-order valence-electron chi connectivity index (χ3n) is 9.25. The second-order valence-electron chi connectivity index (χ2n) is 13.0. The van der Waals surface area contributed by atoms with Gasteiger partial charge in [-0.05, 0) is 38.5 Å². The summed E-state index contributed by atoms with van der Waals surface area (Å²) in [5.74, 6) is 0.873. The number of H-pyrrole nitrogens is 1. The van der Waals surface area contributed by atoms with Crippen LogP contribution in [0.3, 0.4) is 0 Å². The highest BCUT2D eigenvalue weighted by Crippen LogP contribution is 2.22. The zero-order valence-corrected chi connectivity index (χ0v) is 30.2. The molecule has 1 aromatic carbocycles. The minimum absolute atomic E-state index is 0.00248. The lowest BCUT2D eigenvalue weighted by atomic mass is 10.0. The third-order valence-corrected chi connectivity index (χ3v) is 9.25. The summed E-state index contributed by atoms with van der Waals surface area (Å²) >= 11 is 0. The van der Waals surface area contributed by atoms with E-state index < -0.39 is 68.0 Å². The van der Waals surface area contributed by atoms with Crippen molar-refractivity contribution in [2.75, 3.05) is 45.2 Å². The van der Waals surface area contributed by atoms with Crippen molar-refractivity contribution in [1.82, 2.24) is 29.7 Å². The van der Waals surface area contributed by atoms with Crippen molar-refractivity contribution in [3.63, 3.8) is 0 Å². The Bertz CT molecular complexity index is 1780. The van der Waals surface area contributed by atoms with E-state index in [1.807, 2.05) is 30.5 Å². The van der Waals surface area contributed by atoms with Crippen molar-refractivity contribution in [1.29, 1.82) is 0 Å². The lowest BCUT2D eigenvalue weighted by Crippen LogP contribution is -2.53. The largest absolute Gasteiger partial charge is 0.493 e. The van der Waals surface area contributed by atoms with Gasteiger partial charge >= 0.3 is 0 Å². The fourth-order valence-electron chi connectivity index (χ4n) is 6.26. The number of amides is 1. The number of aromatic nitrogens is 5. The molecular weight excluding hydrogens is 712 g/mol. The number of hydrogen-bond acceptors (Lipinski definition) is 16. The van der Waals surface area contributed by atoms with Crippen molar-refractivity contribution >= 4 is 33.9 Å². The summed E-state index contributed by atoms with van der Waals surface area (Å²) in [6.45, 7) is 3.03. The number of fused-ring (bicyclic) bond motifs is 2. The predicted molar refractivity (Wildman–Crippen MR) is 192 cm³/mol. The molecule has 0 bridgehead atoms. The smallest absolute Gasteiger partial charge is 0.277 e. The van der Waals surface area contributed by atoms with E-state index in [1.54, 1.807) is 18.3 Å². The molecule has 1 amide bonds. The summed E-state index contributed by atoms with van der Waals surface area (Å²) in [5, 5.41) is 103. The van der Waals surface area contributed by atoms with Crippen LogP contribution in [-0.4, -0.2) is 170 Å². The van der Waals surface area contributed by atoms with Crippen LogP contribution < -0.4 is 20.4 Å². The van der Waals surface area contributed by atoms with Crippen LogP contribution in [0.15, 0.2) is 30.5 Å². The van der Waals surface area contributed by atoms with Crippen LogP contribution in [0.4, 0.5) is 5.82 Å². The molecule has 0 radical (unpaired) electrons. The standard InChI is InChI=1S/C34H52N8O12/c1-3-41-20-7-6-18(12-21(20)42(4-2)26(41)13-37-34(53)27-32(35)39-33-19(38-27)8-9-36-33)54-11-5-10-40(14-22(45)28(49)30(51)24(47)16-43)15-23(46)29(50)31(52)25(48)17-44/h6-9,12,22-25,28-31,43-52H,3-5,10-11,13-17H2,1-2H3,(H3-,35,36,37,38,39,53)/p+1/t22-,23-,24+,25+,28+,29+,30+,31+/m0/s1. The lowest BCUT2D eigenvalue weighted by Gasteiger charge is -2.33. The molecule has 300 valence electrons. The van der Waals surface area contributed by atoms with Crippen LogP contribution in [0.1, 0.15) is 36.6 Å². The Morgan fingerprint density at radius 2 is 1.54 bits per heavy atom. The average Bonchev–Trinajstić information content (AvgIpc) is 3.76. The molecule has 20 heteroatoms. The number of anilines is 1. The lowest BCUT2D eigenvalue weighted by molar-refractivity contribution is -0.676. The fourth-order valence-corrected chi connectivity index (χ4v) is 6.26. The molecule has 20 nitrogen and oxygen atoms in total. The monoisotopic (exact) mass is 765 g/mol. The first-order valence-corrected chi connectivity index (χ1v) is 17.7. The first-order chi connectivity index (χ1) is 25.8. The maximum atomic E-state index is 13.1. The van der Waals surface area contributed by atoms with Gasteiger partial charge in [0, 0.05) is 31.9 Å². The Labute approximate surface area is 310 Å². The fraction of sp³-hybridized carbons (Fsp3) is 0.588. The Hall–Kier alpha value is -4.06. The molecule has 8 atom stereocenters. The van der Waals surface area contributed by atoms with Gasteiger partial charge < -0.3 is 71.8 Å². The second-order valence-corrected chi connectivity index (χ2v) is 13.0. The highest BCUT2D eigenvalue weighted by Gasteiger charge is 2.34. The molecule has 0 unspecified atom stereocenters. The number of nitrogens with two attached hydrogens (primary N) is 1. The van der Waals surface area contributed by atoms with Gasteiger partial charge in [-0.15, -0.1) is 0 Å². The molecule has 0 aliphatic heterocycles. The number of nitrogens with one attached hydrogen (secondary N) is 2. The normalized spacial score (nSPS) is 16.6. The maximum Gasteiger partial charge on any atom is 0.277 e. The molecule has 4 aromatic rings. The number of hydrogen-bond donors (Lipinski definition) is 13. The molecule has 0 spiro atoms. The van der Waals surface area contributed by atoms with Crippen molar-refractivity contribution in [2.45, 2.75) is 88.7 Å². The number of carbonyl (C=O) groups is 1. The van der Waals surface area contributed by atoms with Gasteiger partial charge in [0.15, 0.2) is 28.2 Å². The molecule has 0 saturated heterocycles. The SMILES string of the molecule is CCn1c(CNC(=O)c2nc3cc[nH]c3nc2N)[n+](CC)c2cc(OCCCN(C[C@H](O)[C@@H](O)[C@H](O)[C@H](O)CO)C[C@H](O)[C@@H](O)[C@H](O)[C@H](O)CO)ccc21. The van der Waals surface area contributed by atoms with E-state index >= 15 is 0 Å². The second kappa shape index (κ2) is 19.5. The van der Waals surface area contributed by atoms with E-state index in [1.165, 1.54) is 4.90 Å². The summed E-state index contributed by atoms with van der Waals surface area (Å²) in [4.78, 5) is 26.0. The first-order valence-electron chi connectivity index (χ1n) is 17.7. The number of imidazole rings is 1. The minimum atomic E-state index is -1.89. The summed E-state index contributed by atoms with van der Waals surface area (Å²) in [6, 6.07) is 7.25. The first kappa shape index (κ1) is 42.7. The summed E-state index contributed by atoms with van der Waals surface area (Å²) in [5.41, 5.74) is 8.77. The number of rotatable bonds is 22. The quantitative estimate of drug-likeness (QED) is 0.0266. The molecule has 0 aliphatic carbocycles. The van der Waals surface area contributed by atoms with Crippen molar-refractivity contribution in [2.24, 2.45) is 0 Å². The number of aliphatic hydroxyl groups excluding tert-OH is 10. The summed E-state index contributed by atoms with van der Waals surface area (Å²) in [7, 11) is 0. The van der Waals surface area contributed by atoms with E-state index in [9.17, 15) is 45.6 Å².